The molecule has 0 bridgehead atoms. The molecule has 0 aromatic heterocycles. The van der Waals surface area contributed by atoms with Crippen LogP contribution in [0.4, 0.5) is 4.39 Å². The zero-order chi connectivity index (χ0) is 17.6. The first-order valence-electron chi connectivity index (χ1n) is 8.36. The molecule has 0 radical (unpaired) electrons. The number of nitrogens with one attached hydrogen (secondary N) is 1. The molecular formula is C18H24FNO4. The largest absolute Gasteiger partial charge is 0.466 e. The summed E-state index contributed by atoms with van der Waals surface area (Å²) >= 11 is 0. The van der Waals surface area contributed by atoms with E-state index >= 15 is 0 Å². The van der Waals surface area contributed by atoms with Crippen LogP contribution >= 0.6 is 0 Å². The third-order valence-electron chi connectivity index (χ3n) is 4.26. The number of fused-ring (bicyclic) bond motifs is 1. The molecule has 1 unspecified atom stereocenters. The van der Waals surface area contributed by atoms with Crippen LogP contribution in [0.25, 0.3) is 0 Å². The highest BCUT2D eigenvalue weighted by Gasteiger charge is 2.40. The lowest BCUT2D eigenvalue weighted by Crippen LogP contribution is -2.43. The van der Waals surface area contributed by atoms with Crippen LogP contribution in [0.1, 0.15) is 44.2 Å². The monoisotopic (exact) mass is 337 g/mol. The summed E-state index contributed by atoms with van der Waals surface area (Å²) in [7, 11) is 0. The Morgan fingerprint density at radius 3 is 2.62 bits per heavy atom. The quantitative estimate of drug-likeness (QED) is 0.738. The van der Waals surface area contributed by atoms with Gasteiger partial charge in [0, 0.05) is 6.54 Å². The first-order chi connectivity index (χ1) is 11.5. The summed E-state index contributed by atoms with van der Waals surface area (Å²) in [5.74, 6) is -0.969. The Labute approximate surface area is 141 Å². The Morgan fingerprint density at radius 1 is 1.21 bits per heavy atom. The second kappa shape index (κ2) is 8.24. The molecule has 0 heterocycles. The van der Waals surface area contributed by atoms with Gasteiger partial charge in [-0.2, -0.15) is 0 Å². The summed E-state index contributed by atoms with van der Waals surface area (Å²) in [5.41, 5.74) is 1.10. The Bertz CT molecular complexity index is 605. The van der Waals surface area contributed by atoms with Crippen molar-refractivity contribution in [2.75, 3.05) is 19.8 Å². The van der Waals surface area contributed by atoms with Crippen LogP contribution in [0.2, 0.25) is 0 Å². The summed E-state index contributed by atoms with van der Waals surface area (Å²) in [5, 5.41) is 3.29. The zero-order valence-corrected chi connectivity index (χ0v) is 14.2. The van der Waals surface area contributed by atoms with Gasteiger partial charge in [-0.15, -0.1) is 0 Å². The lowest BCUT2D eigenvalue weighted by Gasteiger charge is -2.31. The molecule has 6 heteroatoms. The molecular weight excluding hydrogens is 313 g/mol. The standard InChI is InChI=1S/C18H24FNO4/c1-3-23-16(21)8-10-20-18(12-17(22)24-4-2)9-7-13-5-6-14(19)11-15(13)18/h5-6,11,20H,3-4,7-10,12H2,1-2H3. The predicted molar refractivity (Wildman–Crippen MR) is 86.9 cm³/mol. The average molecular weight is 337 g/mol. The van der Waals surface area contributed by atoms with Gasteiger partial charge in [0.1, 0.15) is 5.82 Å². The van der Waals surface area contributed by atoms with E-state index in [1.165, 1.54) is 12.1 Å². The smallest absolute Gasteiger partial charge is 0.308 e. The van der Waals surface area contributed by atoms with E-state index in [4.69, 9.17) is 9.47 Å². The van der Waals surface area contributed by atoms with Crippen molar-refractivity contribution >= 4 is 11.9 Å². The van der Waals surface area contributed by atoms with E-state index in [9.17, 15) is 14.0 Å². The summed E-state index contributed by atoms with van der Waals surface area (Å²) in [6.45, 7) is 4.49. The molecule has 0 spiro atoms. The SMILES string of the molecule is CCOC(=O)CCNC1(CC(=O)OCC)CCc2ccc(F)cc21. The van der Waals surface area contributed by atoms with Gasteiger partial charge in [0.05, 0.1) is 31.6 Å². The van der Waals surface area contributed by atoms with E-state index in [0.29, 0.717) is 26.2 Å². The summed E-state index contributed by atoms with van der Waals surface area (Å²) in [6.07, 6.45) is 1.72. The molecule has 132 valence electrons. The fourth-order valence-electron chi connectivity index (χ4n) is 3.22. The second-order valence-electron chi connectivity index (χ2n) is 5.85. The Hall–Kier alpha value is -1.95. The van der Waals surface area contributed by atoms with E-state index in [2.05, 4.69) is 5.32 Å². The van der Waals surface area contributed by atoms with Gasteiger partial charge in [0.2, 0.25) is 0 Å². The van der Waals surface area contributed by atoms with Crippen LogP contribution in [0.15, 0.2) is 18.2 Å². The molecule has 0 fully saturated rings. The van der Waals surface area contributed by atoms with Gasteiger partial charge in [-0.05, 0) is 49.9 Å². The molecule has 1 aliphatic rings. The topological polar surface area (TPSA) is 64.6 Å². The van der Waals surface area contributed by atoms with Crippen molar-refractivity contribution in [2.45, 2.75) is 45.1 Å². The van der Waals surface area contributed by atoms with Crippen LogP contribution in [0.5, 0.6) is 0 Å². The molecule has 1 aliphatic carbocycles. The van der Waals surface area contributed by atoms with Crippen molar-refractivity contribution in [3.8, 4) is 0 Å². The van der Waals surface area contributed by atoms with Crippen LogP contribution < -0.4 is 5.32 Å². The molecule has 0 saturated heterocycles. The number of esters is 2. The van der Waals surface area contributed by atoms with Crippen LogP contribution in [-0.2, 0) is 31.0 Å². The van der Waals surface area contributed by atoms with Crippen molar-refractivity contribution in [3.05, 3.63) is 35.1 Å². The summed E-state index contributed by atoms with van der Waals surface area (Å²) in [4.78, 5) is 23.6. The molecule has 2 rings (SSSR count). The number of hydrogen-bond acceptors (Lipinski definition) is 5. The van der Waals surface area contributed by atoms with E-state index in [1.54, 1.807) is 19.9 Å². The number of benzene rings is 1. The molecule has 1 aromatic rings. The molecule has 0 aliphatic heterocycles. The number of carbonyl (C=O) groups is 2. The summed E-state index contributed by atoms with van der Waals surface area (Å²) in [6, 6.07) is 4.65. The van der Waals surface area contributed by atoms with Gasteiger partial charge in [-0.25, -0.2) is 4.39 Å². The number of halogens is 1. The van der Waals surface area contributed by atoms with Crippen molar-refractivity contribution in [1.82, 2.24) is 5.32 Å². The van der Waals surface area contributed by atoms with E-state index < -0.39 is 5.54 Å². The molecule has 1 aromatic carbocycles. The number of hydrogen-bond donors (Lipinski definition) is 1. The summed E-state index contributed by atoms with van der Waals surface area (Å²) < 4.78 is 23.7. The fourth-order valence-corrected chi connectivity index (χ4v) is 3.22. The van der Waals surface area contributed by atoms with Gasteiger partial charge < -0.3 is 14.8 Å². The lowest BCUT2D eigenvalue weighted by atomic mass is 9.88. The minimum atomic E-state index is -0.698. The normalized spacial score (nSPS) is 19.0. The molecule has 1 N–H and O–H groups in total. The maximum absolute atomic E-state index is 13.7. The highest BCUT2D eigenvalue weighted by atomic mass is 19.1. The lowest BCUT2D eigenvalue weighted by molar-refractivity contribution is -0.145. The predicted octanol–water partition coefficient (Wildman–Crippen LogP) is 2.46. The number of aryl methyl sites for hydroxylation is 1. The molecule has 5 nitrogen and oxygen atoms in total. The van der Waals surface area contributed by atoms with Gasteiger partial charge in [0.25, 0.3) is 0 Å². The Kier molecular flexibility index (Phi) is 6.31. The molecule has 1 atom stereocenters. The maximum Gasteiger partial charge on any atom is 0.308 e. The zero-order valence-electron chi connectivity index (χ0n) is 14.2. The van der Waals surface area contributed by atoms with Gasteiger partial charge in [0.15, 0.2) is 0 Å². The number of ether oxygens (including phenoxy) is 2. The fraction of sp³-hybridized carbons (Fsp3) is 0.556. The number of rotatable bonds is 8. The maximum atomic E-state index is 13.7. The number of carbonyl (C=O) groups excluding carboxylic acids is 2. The molecule has 0 amide bonds. The highest BCUT2D eigenvalue weighted by Crippen LogP contribution is 2.40. The van der Waals surface area contributed by atoms with E-state index in [-0.39, 0.29) is 30.6 Å². The first-order valence-corrected chi connectivity index (χ1v) is 8.36. The van der Waals surface area contributed by atoms with E-state index in [1.807, 2.05) is 0 Å². The Balaban J connectivity index is 2.17. The molecule has 24 heavy (non-hydrogen) atoms. The Morgan fingerprint density at radius 2 is 1.92 bits per heavy atom. The second-order valence-corrected chi connectivity index (χ2v) is 5.85. The minimum Gasteiger partial charge on any atom is -0.466 e. The van der Waals surface area contributed by atoms with Crippen LogP contribution in [-0.4, -0.2) is 31.7 Å². The molecule has 0 saturated carbocycles. The van der Waals surface area contributed by atoms with Crippen LogP contribution in [0, 0.1) is 5.82 Å². The van der Waals surface area contributed by atoms with Crippen LogP contribution in [0.3, 0.4) is 0 Å². The van der Waals surface area contributed by atoms with Crippen molar-refractivity contribution < 1.29 is 23.5 Å². The van der Waals surface area contributed by atoms with E-state index in [0.717, 1.165) is 17.5 Å². The highest BCUT2D eigenvalue weighted by molar-refractivity contribution is 5.72. The third-order valence-corrected chi connectivity index (χ3v) is 4.26. The van der Waals surface area contributed by atoms with Crippen molar-refractivity contribution in [3.63, 3.8) is 0 Å². The van der Waals surface area contributed by atoms with Gasteiger partial charge in [-0.1, -0.05) is 6.07 Å². The van der Waals surface area contributed by atoms with Crippen molar-refractivity contribution in [2.24, 2.45) is 0 Å². The van der Waals surface area contributed by atoms with Gasteiger partial charge >= 0.3 is 11.9 Å². The van der Waals surface area contributed by atoms with Crippen molar-refractivity contribution in [1.29, 1.82) is 0 Å². The average Bonchev–Trinajstić information content (AvgIpc) is 2.86. The third kappa shape index (κ3) is 4.32. The van der Waals surface area contributed by atoms with Gasteiger partial charge in [-0.3, -0.25) is 9.59 Å². The minimum absolute atomic E-state index is 0.111. The first kappa shape index (κ1) is 18.4.